The summed E-state index contributed by atoms with van der Waals surface area (Å²) < 4.78 is 33.4. The molecule has 61 heavy (non-hydrogen) atoms. The van der Waals surface area contributed by atoms with Gasteiger partial charge in [0, 0.05) is 13.0 Å². The molecule has 0 fully saturated rings. The second-order valence-corrected chi connectivity index (χ2v) is 17.0. The molecule has 0 spiro atoms. The van der Waals surface area contributed by atoms with E-state index in [0.29, 0.717) is 13.0 Å². The van der Waals surface area contributed by atoms with Crippen LogP contribution in [0.15, 0.2) is 85.1 Å². The maximum atomic E-state index is 12.7. The van der Waals surface area contributed by atoms with E-state index in [1.54, 1.807) is 0 Å². The molecule has 0 bridgehead atoms. The van der Waals surface area contributed by atoms with Gasteiger partial charge < -0.3 is 25.2 Å². The largest absolute Gasteiger partial charge is 0.480 e. The van der Waals surface area contributed by atoms with E-state index in [9.17, 15) is 19.0 Å². The molecule has 0 rings (SSSR count). The van der Waals surface area contributed by atoms with Gasteiger partial charge in [0.2, 0.25) is 0 Å². The number of rotatable bonds is 44. The average Bonchev–Trinajstić information content (AvgIpc) is 3.24. The SMILES string of the molecule is CC/C=C\C/C=C\C/C=C\C/C=C\C/C=C\CCCCCCCCOCC(COP(=O)(O)OCC(N)C(=O)O)OC(=O)CCCCCCCCC/C=C\C/C=C\CCCCC. The van der Waals surface area contributed by atoms with Crippen LogP contribution in [0.5, 0.6) is 0 Å². The van der Waals surface area contributed by atoms with E-state index < -0.39 is 45.1 Å². The Morgan fingerprint density at radius 2 is 0.951 bits per heavy atom. The summed E-state index contributed by atoms with van der Waals surface area (Å²) in [6.45, 7) is 3.69. The van der Waals surface area contributed by atoms with Crippen LogP contribution in [-0.2, 0) is 32.7 Å². The third-order valence-corrected chi connectivity index (χ3v) is 10.6. The van der Waals surface area contributed by atoms with Crippen LogP contribution < -0.4 is 5.73 Å². The minimum absolute atomic E-state index is 0.00142. The number of hydrogen-bond donors (Lipinski definition) is 3. The molecule has 4 N–H and O–H groups in total. The van der Waals surface area contributed by atoms with Gasteiger partial charge >= 0.3 is 19.8 Å². The number of hydrogen-bond acceptors (Lipinski definition) is 8. The van der Waals surface area contributed by atoms with Crippen molar-refractivity contribution in [3.8, 4) is 0 Å². The number of aliphatic carboxylic acids is 1. The molecule has 0 aliphatic carbocycles. The molecule has 3 atom stereocenters. The number of carbonyl (C=O) groups is 2. The summed E-state index contributed by atoms with van der Waals surface area (Å²) in [5, 5.41) is 8.91. The molecular formula is C50H86NO9P. The zero-order valence-corrected chi connectivity index (χ0v) is 39.1. The first-order chi connectivity index (χ1) is 29.7. The molecule has 0 saturated carbocycles. The van der Waals surface area contributed by atoms with Crippen LogP contribution in [0.1, 0.15) is 181 Å². The van der Waals surface area contributed by atoms with Crippen LogP contribution in [0.4, 0.5) is 0 Å². The van der Waals surface area contributed by atoms with Crippen molar-refractivity contribution < 1.29 is 42.7 Å². The Bertz CT molecular complexity index is 1290. The summed E-state index contributed by atoms with van der Waals surface area (Å²) in [5.74, 6) is -1.80. The highest BCUT2D eigenvalue weighted by molar-refractivity contribution is 7.47. The second-order valence-electron chi connectivity index (χ2n) is 15.5. The number of esters is 1. The van der Waals surface area contributed by atoms with E-state index >= 15 is 0 Å². The van der Waals surface area contributed by atoms with E-state index in [1.807, 2.05) is 0 Å². The first-order valence-electron chi connectivity index (χ1n) is 23.6. The number of nitrogens with two attached hydrogens (primary N) is 1. The van der Waals surface area contributed by atoms with Gasteiger partial charge in [0.05, 0.1) is 19.8 Å². The molecule has 350 valence electrons. The summed E-state index contributed by atoms with van der Waals surface area (Å²) in [6.07, 6.45) is 57.7. The number of ether oxygens (including phenoxy) is 2. The van der Waals surface area contributed by atoms with Gasteiger partial charge in [0.25, 0.3) is 0 Å². The third-order valence-electron chi connectivity index (χ3n) is 9.66. The Labute approximate surface area is 371 Å². The number of carboxylic acids is 1. The Morgan fingerprint density at radius 3 is 1.43 bits per heavy atom. The molecule has 0 aromatic rings. The van der Waals surface area contributed by atoms with E-state index in [0.717, 1.165) is 96.3 Å². The predicted molar refractivity (Wildman–Crippen MR) is 253 cm³/mol. The number of phosphoric ester groups is 1. The van der Waals surface area contributed by atoms with Crippen molar-refractivity contribution in [3.63, 3.8) is 0 Å². The Hall–Kier alpha value is -2.85. The molecule has 10 nitrogen and oxygen atoms in total. The third kappa shape index (κ3) is 45.0. The van der Waals surface area contributed by atoms with Crippen LogP contribution in [0.3, 0.4) is 0 Å². The van der Waals surface area contributed by atoms with Crippen LogP contribution in [0.25, 0.3) is 0 Å². The lowest BCUT2D eigenvalue weighted by molar-refractivity contribution is -0.154. The fourth-order valence-corrected chi connectivity index (χ4v) is 6.79. The van der Waals surface area contributed by atoms with Gasteiger partial charge in [-0.3, -0.25) is 18.6 Å². The van der Waals surface area contributed by atoms with Crippen molar-refractivity contribution >= 4 is 19.8 Å². The number of allylic oxidation sites excluding steroid dienone is 14. The minimum Gasteiger partial charge on any atom is -0.480 e. The number of unbranched alkanes of at least 4 members (excludes halogenated alkanes) is 16. The maximum absolute atomic E-state index is 12.7. The second kappa shape index (κ2) is 45.2. The minimum atomic E-state index is -4.63. The molecule has 0 amide bonds. The molecule has 3 unspecified atom stereocenters. The van der Waals surface area contributed by atoms with Crippen LogP contribution in [-0.4, -0.2) is 60.5 Å². The van der Waals surface area contributed by atoms with Crippen LogP contribution in [0.2, 0.25) is 0 Å². The van der Waals surface area contributed by atoms with Crippen LogP contribution in [0, 0.1) is 0 Å². The molecule has 0 aliphatic heterocycles. The van der Waals surface area contributed by atoms with Crippen molar-refractivity contribution in [1.29, 1.82) is 0 Å². The van der Waals surface area contributed by atoms with Crippen LogP contribution >= 0.6 is 7.82 Å². The number of carbonyl (C=O) groups excluding carboxylic acids is 1. The summed E-state index contributed by atoms with van der Waals surface area (Å²) in [5.41, 5.74) is 5.36. The van der Waals surface area contributed by atoms with Crippen molar-refractivity contribution in [2.24, 2.45) is 5.73 Å². The highest BCUT2D eigenvalue weighted by Crippen LogP contribution is 2.43. The van der Waals surface area contributed by atoms with Gasteiger partial charge in [0.15, 0.2) is 0 Å². The molecule has 0 aromatic carbocycles. The summed E-state index contributed by atoms with van der Waals surface area (Å²) in [7, 11) is -4.63. The smallest absolute Gasteiger partial charge is 0.472 e. The summed E-state index contributed by atoms with van der Waals surface area (Å²) in [6, 6.07) is -1.48. The molecule has 0 aliphatic rings. The Morgan fingerprint density at radius 1 is 0.541 bits per heavy atom. The molecule has 0 heterocycles. The lowest BCUT2D eigenvalue weighted by Crippen LogP contribution is -2.34. The average molecular weight is 876 g/mol. The molecule has 0 saturated heterocycles. The van der Waals surface area contributed by atoms with Gasteiger partial charge in [-0.25, -0.2) is 4.57 Å². The maximum Gasteiger partial charge on any atom is 0.472 e. The van der Waals surface area contributed by atoms with Gasteiger partial charge in [-0.1, -0.05) is 170 Å². The zero-order valence-electron chi connectivity index (χ0n) is 38.2. The lowest BCUT2D eigenvalue weighted by Gasteiger charge is -2.20. The standard InChI is InChI=1S/C50H86NO9P/c1-3-5-7-9-11-13-15-17-19-21-22-23-24-25-27-29-31-33-35-37-39-41-43-57-44-47(45-58-61(55,56)59-46-48(51)50(53)54)60-49(52)42-40-38-36-34-32-30-28-26-20-18-16-14-12-10-8-6-4-2/h5,7,11-14,17-20,22-23,25,27,47-48H,3-4,6,8-10,15-16,21,24,26,28-46,51H2,1-2H3,(H,53,54)(H,55,56)/b7-5-,13-11-,14-12-,19-17-,20-18-,23-22-,27-25-. The predicted octanol–water partition coefficient (Wildman–Crippen LogP) is 13.5. The first kappa shape index (κ1) is 58.1. The monoisotopic (exact) mass is 876 g/mol. The zero-order chi connectivity index (χ0) is 44.8. The molecule has 0 aromatic heterocycles. The topological polar surface area (TPSA) is 155 Å². The van der Waals surface area contributed by atoms with E-state index in [1.165, 1.54) is 57.8 Å². The van der Waals surface area contributed by atoms with Crippen molar-refractivity contribution in [2.75, 3.05) is 26.4 Å². The van der Waals surface area contributed by atoms with Gasteiger partial charge in [0.1, 0.15) is 12.1 Å². The quantitative estimate of drug-likeness (QED) is 0.0233. The Kier molecular flexibility index (Phi) is 43.1. The number of carboxylic acid groups (broad SMARTS) is 1. The lowest BCUT2D eigenvalue weighted by atomic mass is 10.1. The van der Waals surface area contributed by atoms with E-state index in [-0.39, 0.29) is 13.0 Å². The van der Waals surface area contributed by atoms with Crippen molar-refractivity contribution in [2.45, 2.75) is 193 Å². The number of phosphoric acid groups is 1. The fourth-order valence-electron chi connectivity index (χ4n) is 6.01. The fraction of sp³-hybridized carbons (Fsp3) is 0.680. The summed E-state index contributed by atoms with van der Waals surface area (Å²) in [4.78, 5) is 33.6. The first-order valence-corrected chi connectivity index (χ1v) is 25.1. The highest BCUT2D eigenvalue weighted by Gasteiger charge is 2.27. The molecule has 11 heteroatoms. The van der Waals surface area contributed by atoms with E-state index in [2.05, 4.69) is 98.9 Å². The van der Waals surface area contributed by atoms with Gasteiger partial charge in [-0.15, -0.1) is 0 Å². The normalized spacial score (nSPS) is 14.6. The van der Waals surface area contributed by atoms with Crippen molar-refractivity contribution in [3.05, 3.63) is 85.1 Å². The van der Waals surface area contributed by atoms with E-state index in [4.69, 9.17) is 29.4 Å². The highest BCUT2D eigenvalue weighted by atomic mass is 31.2. The summed E-state index contributed by atoms with van der Waals surface area (Å²) >= 11 is 0. The molecular weight excluding hydrogens is 790 g/mol. The van der Waals surface area contributed by atoms with Crippen molar-refractivity contribution in [1.82, 2.24) is 0 Å². The van der Waals surface area contributed by atoms with Gasteiger partial charge in [-0.2, -0.15) is 0 Å². The van der Waals surface area contributed by atoms with Gasteiger partial charge in [-0.05, 0) is 89.9 Å². The Balaban J connectivity index is 4.25. The molecule has 0 radical (unpaired) electrons.